The summed E-state index contributed by atoms with van der Waals surface area (Å²) in [7, 11) is 0. The largest absolute Gasteiger partial charge is 0.337 e. The van der Waals surface area contributed by atoms with Gasteiger partial charge in [-0.15, -0.1) is 0 Å². The highest BCUT2D eigenvalue weighted by Crippen LogP contribution is 1.99. The topological polar surface area (TPSA) is 80.0 Å². The van der Waals surface area contributed by atoms with E-state index in [0.717, 1.165) is 0 Å². The molecular formula is C10H18N4O2. The second-order valence-electron chi connectivity index (χ2n) is 4.10. The molecule has 0 aromatic carbocycles. The fourth-order valence-electron chi connectivity index (χ4n) is 0.992. The molecule has 1 aromatic heterocycles. The first kappa shape index (κ1) is 12.5. The molecule has 0 aliphatic heterocycles. The summed E-state index contributed by atoms with van der Waals surface area (Å²) in [6, 6.07) is -0.0959. The maximum Gasteiger partial charge on any atom is 0.315 e. The van der Waals surface area contributed by atoms with Crippen LogP contribution in [-0.4, -0.2) is 22.2 Å². The number of urea groups is 1. The Bertz CT molecular complexity index is 348. The van der Waals surface area contributed by atoms with E-state index in [2.05, 4.69) is 20.8 Å². The fraction of sp³-hybridized carbons (Fsp3) is 0.700. The molecule has 0 bridgehead atoms. The van der Waals surface area contributed by atoms with Gasteiger partial charge in [-0.2, -0.15) is 4.98 Å². The summed E-state index contributed by atoms with van der Waals surface area (Å²) < 4.78 is 4.86. The second-order valence-corrected chi connectivity index (χ2v) is 4.10. The Balaban J connectivity index is 2.30. The minimum atomic E-state index is -0.225. The lowest BCUT2D eigenvalue weighted by atomic mass is 10.1. The first-order chi connectivity index (χ1) is 7.49. The third-order valence-corrected chi connectivity index (χ3v) is 2.33. The van der Waals surface area contributed by atoms with Crippen LogP contribution in [0.5, 0.6) is 0 Å². The number of aryl methyl sites for hydroxylation is 1. The zero-order chi connectivity index (χ0) is 12.1. The van der Waals surface area contributed by atoms with Gasteiger partial charge in [0, 0.05) is 6.04 Å². The molecule has 2 amide bonds. The average molecular weight is 226 g/mol. The van der Waals surface area contributed by atoms with Gasteiger partial charge < -0.3 is 15.2 Å². The van der Waals surface area contributed by atoms with E-state index in [0.29, 0.717) is 17.6 Å². The van der Waals surface area contributed by atoms with E-state index in [-0.39, 0.29) is 18.6 Å². The third-order valence-electron chi connectivity index (χ3n) is 2.33. The first-order valence-corrected chi connectivity index (χ1v) is 5.32. The Morgan fingerprint density at radius 2 is 2.12 bits per heavy atom. The zero-order valence-corrected chi connectivity index (χ0v) is 10.1. The van der Waals surface area contributed by atoms with E-state index in [1.54, 1.807) is 6.92 Å². The van der Waals surface area contributed by atoms with Crippen LogP contribution in [0, 0.1) is 12.8 Å². The summed E-state index contributed by atoms with van der Waals surface area (Å²) in [6.07, 6.45) is 0. The molecule has 2 N–H and O–H groups in total. The maximum absolute atomic E-state index is 11.4. The lowest BCUT2D eigenvalue weighted by Crippen LogP contribution is -2.42. The molecule has 0 saturated heterocycles. The normalized spacial score (nSPS) is 12.6. The standard InChI is InChI=1S/C10H18N4O2/c1-6(2)7(3)12-10(15)11-5-9-13-8(4)14-16-9/h6-7H,5H2,1-4H3,(H2,11,12,15)/t7-/m0/s1. The molecule has 0 spiro atoms. The molecule has 0 radical (unpaired) electrons. The van der Waals surface area contributed by atoms with Crippen LogP contribution in [0.25, 0.3) is 0 Å². The van der Waals surface area contributed by atoms with Crippen molar-refractivity contribution in [2.45, 2.75) is 40.3 Å². The highest BCUT2D eigenvalue weighted by atomic mass is 16.5. The summed E-state index contributed by atoms with van der Waals surface area (Å²) in [4.78, 5) is 15.4. The Morgan fingerprint density at radius 1 is 1.44 bits per heavy atom. The Hall–Kier alpha value is -1.59. The monoisotopic (exact) mass is 226 g/mol. The van der Waals surface area contributed by atoms with Crippen LogP contribution in [0.1, 0.15) is 32.5 Å². The molecular weight excluding hydrogens is 208 g/mol. The van der Waals surface area contributed by atoms with E-state index in [4.69, 9.17) is 4.52 Å². The van der Waals surface area contributed by atoms with Crippen molar-refractivity contribution in [3.63, 3.8) is 0 Å². The number of carbonyl (C=O) groups excluding carboxylic acids is 1. The zero-order valence-electron chi connectivity index (χ0n) is 10.1. The van der Waals surface area contributed by atoms with Gasteiger partial charge in [0.1, 0.15) is 0 Å². The molecule has 0 unspecified atom stereocenters. The van der Waals surface area contributed by atoms with Crippen LogP contribution in [0.3, 0.4) is 0 Å². The number of nitrogens with one attached hydrogen (secondary N) is 2. The van der Waals surface area contributed by atoms with Gasteiger partial charge in [-0.1, -0.05) is 19.0 Å². The van der Waals surface area contributed by atoms with Crippen molar-refractivity contribution in [3.05, 3.63) is 11.7 Å². The maximum atomic E-state index is 11.4. The minimum absolute atomic E-state index is 0.129. The number of aromatic nitrogens is 2. The molecule has 16 heavy (non-hydrogen) atoms. The number of hydrogen-bond acceptors (Lipinski definition) is 4. The molecule has 1 atom stereocenters. The Morgan fingerprint density at radius 3 is 2.62 bits per heavy atom. The van der Waals surface area contributed by atoms with Crippen molar-refractivity contribution >= 4 is 6.03 Å². The van der Waals surface area contributed by atoms with Gasteiger partial charge in [0.25, 0.3) is 0 Å². The summed E-state index contributed by atoms with van der Waals surface area (Å²) in [6.45, 7) is 8.03. The number of rotatable bonds is 4. The van der Waals surface area contributed by atoms with Crippen LogP contribution in [0.15, 0.2) is 4.52 Å². The number of nitrogens with zero attached hydrogens (tertiary/aromatic N) is 2. The molecule has 1 rings (SSSR count). The lowest BCUT2D eigenvalue weighted by Gasteiger charge is -2.17. The van der Waals surface area contributed by atoms with E-state index in [1.807, 2.05) is 20.8 Å². The number of hydrogen-bond donors (Lipinski definition) is 2. The van der Waals surface area contributed by atoms with E-state index < -0.39 is 0 Å². The fourth-order valence-corrected chi connectivity index (χ4v) is 0.992. The van der Waals surface area contributed by atoms with Crippen LogP contribution in [0.4, 0.5) is 4.79 Å². The minimum Gasteiger partial charge on any atom is -0.337 e. The third kappa shape index (κ3) is 3.88. The number of amides is 2. The van der Waals surface area contributed by atoms with Gasteiger partial charge >= 0.3 is 6.03 Å². The smallest absolute Gasteiger partial charge is 0.315 e. The second kappa shape index (κ2) is 5.48. The Kier molecular flexibility index (Phi) is 4.28. The molecule has 0 aliphatic rings. The molecule has 1 heterocycles. The van der Waals surface area contributed by atoms with E-state index in [1.165, 1.54) is 0 Å². The molecule has 6 nitrogen and oxygen atoms in total. The van der Waals surface area contributed by atoms with Crippen molar-refractivity contribution in [2.75, 3.05) is 0 Å². The molecule has 90 valence electrons. The van der Waals surface area contributed by atoms with Gasteiger partial charge in [0.15, 0.2) is 5.82 Å². The highest BCUT2D eigenvalue weighted by molar-refractivity contribution is 5.74. The SMILES string of the molecule is Cc1noc(CNC(=O)N[C@@H](C)C(C)C)n1. The summed E-state index contributed by atoms with van der Waals surface area (Å²) in [5, 5.41) is 9.09. The van der Waals surface area contributed by atoms with Crippen LogP contribution in [0.2, 0.25) is 0 Å². The van der Waals surface area contributed by atoms with Crippen molar-refractivity contribution in [3.8, 4) is 0 Å². The summed E-state index contributed by atoms with van der Waals surface area (Å²) >= 11 is 0. The van der Waals surface area contributed by atoms with Crippen LogP contribution in [-0.2, 0) is 6.54 Å². The van der Waals surface area contributed by atoms with Crippen LogP contribution >= 0.6 is 0 Å². The summed E-state index contributed by atoms with van der Waals surface area (Å²) in [5.41, 5.74) is 0. The first-order valence-electron chi connectivity index (χ1n) is 5.32. The molecule has 1 aromatic rings. The van der Waals surface area contributed by atoms with E-state index in [9.17, 15) is 4.79 Å². The molecule has 0 aliphatic carbocycles. The average Bonchev–Trinajstić information content (AvgIpc) is 2.61. The molecule has 0 saturated carbocycles. The van der Waals surface area contributed by atoms with Gasteiger partial charge in [0.2, 0.25) is 5.89 Å². The number of carbonyl (C=O) groups is 1. The van der Waals surface area contributed by atoms with E-state index >= 15 is 0 Å². The lowest BCUT2D eigenvalue weighted by molar-refractivity contribution is 0.232. The van der Waals surface area contributed by atoms with Crippen molar-refractivity contribution < 1.29 is 9.32 Å². The quantitative estimate of drug-likeness (QED) is 0.809. The molecule has 6 heteroatoms. The van der Waals surface area contributed by atoms with Gasteiger partial charge in [-0.05, 0) is 19.8 Å². The van der Waals surface area contributed by atoms with Crippen molar-refractivity contribution in [2.24, 2.45) is 5.92 Å². The highest BCUT2D eigenvalue weighted by Gasteiger charge is 2.11. The van der Waals surface area contributed by atoms with Crippen molar-refractivity contribution in [1.82, 2.24) is 20.8 Å². The Labute approximate surface area is 94.8 Å². The predicted molar refractivity (Wildman–Crippen MR) is 58.7 cm³/mol. The van der Waals surface area contributed by atoms with Gasteiger partial charge in [0.05, 0.1) is 6.54 Å². The van der Waals surface area contributed by atoms with Gasteiger partial charge in [-0.25, -0.2) is 4.79 Å². The van der Waals surface area contributed by atoms with Crippen LogP contribution < -0.4 is 10.6 Å². The predicted octanol–water partition coefficient (Wildman–Crippen LogP) is 1.22. The van der Waals surface area contributed by atoms with Gasteiger partial charge in [-0.3, -0.25) is 0 Å². The van der Waals surface area contributed by atoms with Crippen molar-refractivity contribution in [1.29, 1.82) is 0 Å². The molecule has 0 fully saturated rings. The summed E-state index contributed by atoms with van der Waals surface area (Å²) in [5.74, 6) is 1.37.